The first-order valence-electron chi connectivity index (χ1n) is 5.37. The van der Waals surface area contributed by atoms with Crippen LogP contribution in [0, 0.1) is 6.92 Å². The van der Waals surface area contributed by atoms with Crippen molar-refractivity contribution < 1.29 is 23.1 Å². The van der Waals surface area contributed by atoms with Gasteiger partial charge in [0.05, 0.1) is 5.71 Å². The van der Waals surface area contributed by atoms with Crippen LogP contribution in [-0.2, 0) is 14.8 Å². The highest BCUT2D eigenvalue weighted by Gasteiger charge is 2.30. The molecule has 0 saturated heterocycles. The number of aryl methyl sites for hydroxylation is 1. The maximum Gasteiger partial charge on any atom is 0.349 e. The summed E-state index contributed by atoms with van der Waals surface area (Å²) in [7, 11) is -4.08. The zero-order valence-corrected chi connectivity index (χ0v) is 10.8. The highest BCUT2D eigenvalue weighted by Crippen LogP contribution is 2.18. The summed E-state index contributed by atoms with van der Waals surface area (Å²) in [4.78, 5) is 9.99. The van der Waals surface area contributed by atoms with Gasteiger partial charge in [-0.3, -0.25) is 0 Å². The third kappa shape index (κ3) is 3.00. The summed E-state index contributed by atoms with van der Waals surface area (Å²) in [6.45, 7) is 1.83. The Balaban J connectivity index is 2.09. The summed E-state index contributed by atoms with van der Waals surface area (Å²) in [5.74, 6) is -0.961. The second-order valence-corrected chi connectivity index (χ2v) is 5.55. The number of sulfonamides is 1. The molecular weight excluding hydrogens is 270 g/mol. The number of carboxylic acids is 1. The van der Waals surface area contributed by atoms with Gasteiger partial charge in [0.25, 0.3) is 10.0 Å². The Morgan fingerprint density at radius 2 is 1.95 bits per heavy atom. The van der Waals surface area contributed by atoms with Crippen LogP contribution >= 0.6 is 0 Å². The lowest BCUT2D eigenvalue weighted by Crippen LogP contribution is -2.07. The Morgan fingerprint density at radius 3 is 2.47 bits per heavy atom. The van der Waals surface area contributed by atoms with E-state index in [1.165, 1.54) is 0 Å². The summed E-state index contributed by atoms with van der Waals surface area (Å²) in [5.41, 5.74) is 1.14. The van der Waals surface area contributed by atoms with Crippen molar-refractivity contribution in [3.8, 4) is 5.75 Å². The lowest BCUT2D eigenvalue weighted by molar-refractivity contribution is -0.131. The fourth-order valence-corrected chi connectivity index (χ4v) is 2.51. The molecule has 0 spiro atoms. The number of nitrogens with zero attached hydrogens (tertiary/aromatic N) is 1. The average molecular weight is 281 g/mol. The third-order valence-corrected chi connectivity index (χ3v) is 3.75. The molecular formula is C12H11NO5S. The molecule has 1 aliphatic rings. The summed E-state index contributed by atoms with van der Waals surface area (Å²) in [6, 6.07) is 7.17. The molecule has 0 aliphatic carbocycles. The Bertz CT molecular complexity index is 671. The molecule has 0 atom stereocenters. The Hall–Kier alpha value is -2.15. The number of aliphatic carboxylic acids is 1. The number of hydrogen-bond acceptors (Lipinski definition) is 4. The molecule has 1 N–H and O–H groups in total. The van der Waals surface area contributed by atoms with E-state index in [1.54, 1.807) is 12.1 Å². The van der Waals surface area contributed by atoms with Crippen LogP contribution in [0.3, 0.4) is 0 Å². The number of benzene rings is 1. The molecule has 1 aliphatic heterocycles. The van der Waals surface area contributed by atoms with Gasteiger partial charge in [0.2, 0.25) is 0 Å². The molecule has 7 heteroatoms. The molecule has 1 aromatic carbocycles. The highest BCUT2D eigenvalue weighted by atomic mass is 32.2. The molecule has 0 fully saturated rings. The minimum Gasteiger partial charge on any atom is -0.487 e. The molecule has 19 heavy (non-hydrogen) atoms. The first-order chi connectivity index (χ1) is 8.88. The van der Waals surface area contributed by atoms with Crippen molar-refractivity contribution in [3.05, 3.63) is 40.8 Å². The molecule has 0 unspecified atom stereocenters. The predicted molar refractivity (Wildman–Crippen MR) is 68.7 cm³/mol. The van der Waals surface area contributed by atoms with Gasteiger partial charge in [-0.15, -0.1) is 0 Å². The summed E-state index contributed by atoms with van der Waals surface area (Å²) < 4.78 is 31.4. The molecule has 1 aromatic rings. The van der Waals surface area contributed by atoms with Crippen LogP contribution in [0.5, 0.6) is 5.75 Å². The highest BCUT2D eigenvalue weighted by molar-refractivity contribution is 7.95. The van der Waals surface area contributed by atoms with Gasteiger partial charge in [-0.25, -0.2) is 4.79 Å². The van der Waals surface area contributed by atoms with E-state index in [-0.39, 0.29) is 12.3 Å². The van der Waals surface area contributed by atoms with Crippen molar-refractivity contribution >= 4 is 21.7 Å². The number of ether oxygens (including phenoxy) is 1. The van der Waals surface area contributed by atoms with Crippen LogP contribution < -0.4 is 4.74 Å². The quantitative estimate of drug-likeness (QED) is 0.892. The first kappa shape index (κ1) is 13.3. The number of carboxylic acid groups (broad SMARTS) is 1. The molecule has 6 nitrogen and oxygen atoms in total. The van der Waals surface area contributed by atoms with Crippen molar-refractivity contribution in [2.45, 2.75) is 6.92 Å². The third-order valence-electron chi connectivity index (χ3n) is 2.43. The monoisotopic (exact) mass is 281 g/mol. The van der Waals surface area contributed by atoms with Gasteiger partial charge in [0, 0.05) is 0 Å². The smallest absolute Gasteiger partial charge is 0.349 e. The van der Waals surface area contributed by atoms with E-state index in [9.17, 15) is 13.2 Å². The van der Waals surface area contributed by atoms with E-state index >= 15 is 0 Å². The average Bonchev–Trinajstić information content (AvgIpc) is 2.64. The van der Waals surface area contributed by atoms with Gasteiger partial charge in [-0.05, 0) is 25.1 Å². The first-order valence-corrected chi connectivity index (χ1v) is 6.81. The molecule has 0 radical (unpaired) electrons. The van der Waals surface area contributed by atoms with Gasteiger partial charge in [-0.1, -0.05) is 17.7 Å². The maximum absolute atomic E-state index is 11.4. The van der Waals surface area contributed by atoms with Crippen LogP contribution in [0.2, 0.25) is 0 Å². The zero-order chi connectivity index (χ0) is 14.0. The van der Waals surface area contributed by atoms with Gasteiger partial charge in [0.15, 0.2) is 4.91 Å². The Kier molecular flexibility index (Phi) is 3.39. The van der Waals surface area contributed by atoms with Crippen LogP contribution in [-0.4, -0.2) is 31.8 Å². The second-order valence-electron chi connectivity index (χ2n) is 3.97. The molecule has 1 heterocycles. The van der Waals surface area contributed by atoms with E-state index in [4.69, 9.17) is 9.84 Å². The second kappa shape index (κ2) is 4.85. The summed E-state index contributed by atoms with van der Waals surface area (Å²) in [5, 5.41) is 8.72. The van der Waals surface area contributed by atoms with Crippen molar-refractivity contribution in [1.29, 1.82) is 0 Å². The largest absolute Gasteiger partial charge is 0.487 e. The molecule has 0 amide bonds. The van der Waals surface area contributed by atoms with E-state index in [0.29, 0.717) is 5.75 Å². The van der Waals surface area contributed by atoms with Crippen LogP contribution in [0.15, 0.2) is 39.6 Å². The van der Waals surface area contributed by atoms with Gasteiger partial charge < -0.3 is 9.84 Å². The molecule has 0 aromatic heterocycles. The lowest BCUT2D eigenvalue weighted by atomic mass is 10.2. The van der Waals surface area contributed by atoms with Crippen LogP contribution in [0.4, 0.5) is 0 Å². The topological polar surface area (TPSA) is 93.0 Å². The van der Waals surface area contributed by atoms with Gasteiger partial charge >= 0.3 is 5.97 Å². The predicted octanol–water partition coefficient (Wildman–Crippen LogP) is 1.13. The number of rotatable bonds is 4. The number of hydrogen-bond donors (Lipinski definition) is 1. The normalized spacial score (nSPS) is 16.7. The summed E-state index contributed by atoms with van der Waals surface area (Å²) in [6.07, 6.45) is 1.01. The van der Waals surface area contributed by atoms with Crippen LogP contribution in [0.25, 0.3) is 0 Å². The Morgan fingerprint density at radius 1 is 1.32 bits per heavy atom. The minimum absolute atomic E-state index is 0.0676. The van der Waals surface area contributed by atoms with E-state index < -0.39 is 20.9 Å². The van der Waals surface area contributed by atoms with E-state index in [1.807, 2.05) is 19.1 Å². The van der Waals surface area contributed by atoms with Crippen molar-refractivity contribution in [2.75, 3.05) is 6.61 Å². The SMILES string of the molecule is Cc1ccc(OCC2=NS(=O)(=O)C(C(=O)O)=C2)cc1. The fourth-order valence-electron chi connectivity index (χ4n) is 1.49. The van der Waals surface area contributed by atoms with Gasteiger partial charge in [-0.2, -0.15) is 12.8 Å². The zero-order valence-electron chi connectivity index (χ0n) is 10.0. The van der Waals surface area contributed by atoms with E-state index in [2.05, 4.69) is 4.40 Å². The maximum atomic E-state index is 11.4. The minimum atomic E-state index is -4.08. The number of carbonyl (C=O) groups is 1. The summed E-state index contributed by atoms with van der Waals surface area (Å²) >= 11 is 0. The van der Waals surface area contributed by atoms with Crippen molar-refractivity contribution in [1.82, 2.24) is 0 Å². The standard InChI is InChI=1S/C12H11NO5S/c1-8-2-4-10(5-3-8)18-7-9-6-11(12(14)15)19(16,17)13-9/h2-6H,7H2,1H3,(H,14,15). The molecule has 100 valence electrons. The van der Waals surface area contributed by atoms with Crippen molar-refractivity contribution in [3.63, 3.8) is 0 Å². The Labute approximate surface area is 110 Å². The molecule has 2 rings (SSSR count). The lowest BCUT2D eigenvalue weighted by Gasteiger charge is -2.04. The van der Waals surface area contributed by atoms with Crippen molar-refractivity contribution in [2.24, 2.45) is 4.40 Å². The molecule has 0 saturated carbocycles. The molecule has 0 bridgehead atoms. The van der Waals surface area contributed by atoms with Gasteiger partial charge in [0.1, 0.15) is 12.4 Å². The fraction of sp³-hybridized carbons (Fsp3) is 0.167. The van der Waals surface area contributed by atoms with E-state index in [0.717, 1.165) is 11.6 Å². The van der Waals surface area contributed by atoms with Crippen LogP contribution in [0.1, 0.15) is 5.56 Å².